The molecule has 0 amide bonds. The van der Waals surface area contributed by atoms with Crippen LogP contribution in [-0.2, 0) is 14.3 Å². The molecule has 2 N–H and O–H groups in total. The van der Waals surface area contributed by atoms with Gasteiger partial charge in [0.25, 0.3) is 0 Å². The lowest BCUT2D eigenvalue weighted by Gasteiger charge is -2.28. The second kappa shape index (κ2) is 6.33. The van der Waals surface area contributed by atoms with Crippen LogP contribution in [0.25, 0.3) is 0 Å². The van der Waals surface area contributed by atoms with Crippen LogP contribution in [0.2, 0.25) is 0 Å². The van der Waals surface area contributed by atoms with E-state index in [9.17, 15) is 4.79 Å². The van der Waals surface area contributed by atoms with Gasteiger partial charge >= 0.3 is 5.97 Å². The molecule has 0 aromatic heterocycles. The van der Waals surface area contributed by atoms with Crippen molar-refractivity contribution < 1.29 is 19.4 Å². The number of aliphatic carboxylic acids is 1. The number of hydrogen-bond donors (Lipinski definition) is 2. The summed E-state index contributed by atoms with van der Waals surface area (Å²) in [6.07, 6.45) is 1.41. The van der Waals surface area contributed by atoms with E-state index in [0.29, 0.717) is 18.9 Å². The first-order chi connectivity index (χ1) is 7.98. The second-order valence-corrected chi connectivity index (χ2v) is 4.96. The average Bonchev–Trinajstić information content (AvgIpc) is 2.78. The van der Waals surface area contributed by atoms with Crippen LogP contribution in [-0.4, -0.2) is 49.6 Å². The minimum atomic E-state index is -0.925. The summed E-state index contributed by atoms with van der Waals surface area (Å²) in [6.45, 7) is 5.81. The molecule has 0 aromatic rings. The van der Waals surface area contributed by atoms with Gasteiger partial charge in [0.2, 0.25) is 0 Å². The Morgan fingerprint density at radius 3 is 2.88 bits per heavy atom. The zero-order chi connectivity index (χ0) is 12.9. The highest BCUT2D eigenvalue weighted by Crippen LogP contribution is 2.17. The number of rotatable bonds is 7. The number of hydrogen-bond acceptors (Lipinski definition) is 4. The van der Waals surface area contributed by atoms with Crippen LogP contribution in [0.4, 0.5) is 0 Å². The number of nitrogens with one attached hydrogen (secondary N) is 1. The molecule has 1 rings (SSSR count). The van der Waals surface area contributed by atoms with Gasteiger partial charge in [-0.2, -0.15) is 0 Å². The van der Waals surface area contributed by atoms with Crippen molar-refractivity contribution in [1.82, 2.24) is 5.32 Å². The molecular weight excluding hydrogens is 222 g/mol. The van der Waals surface area contributed by atoms with E-state index in [-0.39, 0.29) is 6.10 Å². The van der Waals surface area contributed by atoms with Crippen molar-refractivity contribution in [2.45, 2.75) is 38.3 Å². The number of carboxylic acids is 1. The molecule has 17 heavy (non-hydrogen) atoms. The lowest BCUT2D eigenvalue weighted by Crippen LogP contribution is -2.49. The molecule has 1 aliphatic heterocycles. The second-order valence-electron chi connectivity index (χ2n) is 4.96. The van der Waals surface area contributed by atoms with Gasteiger partial charge in [-0.1, -0.05) is 0 Å². The van der Waals surface area contributed by atoms with Gasteiger partial charge in [0.05, 0.1) is 19.3 Å². The van der Waals surface area contributed by atoms with Gasteiger partial charge in [0.1, 0.15) is 5.54 Å². The fraction of sp³-hybridized carbons (Fsp3) is 0.917. The van der Waals surface area contributed by atoms with Crippen LogP contribution in [0.1, 0.15) is 26.7 Å². The van der Waals surface area contributed by atoms with E-state index in [1.54, 1.807) is 14.0 Å². The highest BCUT2D eigenvalue weighted by atomic mass is 16.5. The van der Waals surface area contributed by atoms with Gasteiger partial charge in [-0.25, -0.2) is 0 Å². The van der Waals surface area contributed by atoms with E-state index in [1.807, 2.05) is 6.92 Å². The third-order valence-electron chi connectivity index (χ3n) is 3.36. The Morgan fingerprint density at radius 2 is 2.41 bits per heavy atom. The maximum absolute atomic E-state index is 11.1. The van der Waals surface area contributed by atoms with Gasteiger partial charge in [0.15, 0.2) is 0 Å². The molecule has 0 spiro atoms. The normalized spacial score (nSPS) is 25.5. The van der Waals surface area contributed by atoms with Crippen molar-refractivity contribution in [2.24, 2.45) is 5.92 Å². The Morgan fingerprint density at radius 1 is 1.71 bits per heavy atom. The molecule has 3 unspecified atom stereocenters. The number of carbonyl (C=O) groups is 1. The third-order valence-corrected chi connectivity index (χ3v) is 3.36. The smallest absolute Gasteiger partial charge is 0.323 e. The van der Waals surface area contributed by atoms with Gasteiger partial charge < -0.3 is 19.9 Å². The molecule has 5 heteroatoms. The van der Waals surface area contributed by atoms with Crippen molar-refractivity contribution in [3.05, 3.63) is 0 Å². The van der Waals surface area contributed by atoms with Crippen LogP contribution >= 0.6 is 0 Å². The van der Waals surface area contributed by atoms with Crippen LogP contribution in [0.15, 0.2) is 0 Å². The summed E-state index contributed by atoms with van der Waals surface area (Å²) in [5.74, 6) is -0.386. The zero-order valence-electron chi connectivity index (χ0n) is 10.9. The number of likely N-dealkylation sites (N-methyl/N-ethyl adjacent to an activating group) is 1. The van der Waals surface area contributed by atoms with E-state index in [0.717, 1.165) is 19.6 Å². The van der Waals surface area contributed by atoms with Crippen molar-refractivity contribution in [2.75, 3.05) is 26.9 Å². The summed E-state index contributed by atoms with van der Waals surface area (Å²) in [6, 6.07) is 0. The van der Waals surface area contributed by atoms with Crippen LogP contribution in [0, 0.1) is 5.92 Å². The Kier molecular flexibility index (Phi) is 5.36. The van der Waals surface area contributed by atoms with Crippen LogP contribution in [0.3, 0.4) is 0 Å². The van der Waals surface area contributed by atoms with Crippen LogP contribution < -0.4 is 5.32 Å². The molecule has 1 aliphatic rings. The highest BCUT2D eigenvalue weighted by molar-refractivity contribution is 5.78. The summed E-state index contributed by atoms with van der Waals surface area (Å²) in [5, 5.41) is 12.0. The third kappa shape index (κ3) is 4.26. The summed E-state index contributed by atoms with van der Waals surface area (Å²) in [5.41, 5.74) is -0.925. The summed E-state index contributed by atoms with van der Waals surface area (Å²) < 4.78 is 11.0. The maximum atomic E-state index is 11.1. The van der Waals surface area contributed by atoms with E-state index >= 15 is 0 Å². The summed E-state index contributed by atoms with van der Waals surface area (Å²) in [4.78, 5) is 11.1. The van der Waals surface area contributed by atoms with Crippen molar-refractivity contribution in [1.29, 1.82) is 0 Å². The number of carboxylic acid groups (broad SMARTS) is 1. The van der Waals surface area contributed by atoms with Gasteiger partial charge in [0, 0.05) is 18.9 Å². The van der Waals surface area contributed by atoms with Crippen molar-refractivity contribution >= 4 is 5.97 Å². The molecule has 0 bridgehead atoms. The Labute approximate surface area is 102 Å². The van der Waals surface area contributed by atoms with E-state index in [1.165, 1.54) is 0 Å². The first-order valence-corrected chi connectivity index (χ1v) is 6.09. The first-order valence-electron chi connectivity index (χ1n) is 6.09. The Hall–Kier alpha value is -0.650. The molecule has 0 aromatic carbocycles. The number of ether oxygens (including phenoxy) is 2. The average molecular weight is 245 g/mol. The van der Waals surface area contributed by atoms with Crippen molar-refractivity contribution in [3.8, 4) is 0 Å². The molecule has 0 aliphatic carbocycles. The highest BCUT2D eigenvalue weighted by Gasteiger charge is 2.33. The first kappa shape index (κ1) is 14.4. The molecular formula is C12H23NO4. The minimum Gasteiger partial charge on any atom is -0.480 e. The molecule has 1 saturated heterocycles. The topological polar surface area (TPSA) is 67.8 Å². The fourth-order valence-corrected chi connectivity index (χ4v) is 1.95. The van der Waals surface area contributed by atoms with Gasteiger partial charge in [-0.15, -0.1) is 0 Å². The molecule has 0 radical (unpaired) electrons. The standard InChI is InChI=1S/C12H23NO4/c1-9(6-12(2,13-3)11(14)15)17-8-10-4-5-16-7-10/h9-10,13H,4-8H2,1-3H3,(H,14,15). The van der Waals surface area contributed by atoms with Crippen LogP contribution in [0.5, 0.6) is 0 Å². The Bertz CT molecular complexity index is 253. The molecule has 3 atom stereocenters. The monoisotopic (exact) mass is 245 g/mol. The van der Waals surface area contributed by atoms with Crippen molar-refractivity contribution in [3.63, 3.8) is 0 Å². The minimum absolute atomic E-state index is 0.0795. The van der Waals surface area contributed by atoms with Gasteiger partial charge in [-0.3, -0.25) is 4.79 Å². The summed E-state index contributed by atoms with van der Waals surface area (Å²) in [7, 11) is 1.66. The molecule has 0 saturated carbocycles. The molecule has 1 heterocycles. The quantitative estimate of drug-likeness (QED) is 0.697. The van der Waals surface area contributed by atoms with Gasteiger partial charge in [-0.05, 0) is 27.3 Å². The molecule has 100 valence electrons. The lowest BCUT2D eigenvalue weighted by atomic mass is 9.95. The lowest BCUT2D eigenvalue weighted by molar-refractivity contribution is -0.145. The predicted octanol–water partition coefficient (Wildman–Crippen LogP) is 0.881. The molecule has 1 fully saturated rings. The van der Waals surface area contributed by atoms with E-state index in [4.69, 9.17) is 14.6 Å². The largest absolute Gasteiger partial charge is 0.480 e. The summed E-state index contributed by atoms with van der Waals surface area (Å²) >= 11 is 0. The molecule has 5 nitrogen and oxygen atoms in total. The predicted molar refractivity (Wildman–Crippen MR) is 64.1 cm³/mol. The fourth-order valence-electron chi connectivity index (χ4n) is 1.95. The van der Waals surface area contributed by atoms with E-state index in [2.05, 4.69) is 5.32 Å². The SMILES string of the molecule is CNC(C)(CC(C)OCC1CCOC1)C(=O)O. The Balaban J connectivity index is 2.31. The zero-order valence-corrected chi connectivity index (χ0v) is 10.9. The maximum Gasteiger partial charge on any atom is 0.323 e. The van der Waals surface area contributed by atoms with E-state index < -0.39 is 11.5 Å².